The highest BCUT2D eigenvalue weighted by Crippen LogP contribution is 2.27. The third kappa shape index (κ3) is 3.38. The van der Waals surface area contributed by atoms with E-state index in [9.17, 15) is 0 Å². The Morgan fingerprint density at radius 3 is 2.36 bits per heavy atom. The van der Waals surface area contributed by atoms with Crippen LogP contribution in [0.4, 0.5) is 0 Å². The van der Waals surface area contributed by atoms with E-state index in [4.69, 9.17) is 5.73 Å². The minimum Gasteiger partial charge on any atom is -0.326 e. The second kappa shape index (κ2) is 7.05. The SMILES string of the molecule is CN1CCN(Cc2ccccc2CN)C(c2ccccc2)C1. The third-order valence-electron chi connectivity index (χ3n) is 4.59. The molecule has 1 aliphatic rings. The van der Waals surface area contributed by atoms with Crippen LogP contribution in [0.25, 0.3) is 0 Å². The second-order valence-corrected chi connectivity index (χ2v) is 6.13. The predicted molar refractivity (Wildman–Crippen MR) is 91.4 cm³/mol. The number of hydrogen-bond acceptors (Lipinski definition) is 3. The van der Waals surface area contributed by atoms with Crippen molar-refractivity contribution in [2.24, 2.45) is 5.73 Å². The average Bonchev–Trinajstić information content (AvgIpc) is 2.58. The highest BCUT2D eigenvalue weighted by molar-refractivity contribution is 5.28. The number of hydrogen-bond donors (Lipinski definition) is 1. The lowest BCUT2D eigenvalue weighted by atomic mass is 10.00. The highest BCUT2D eigenvalue weighted by Gasteiger charge is 2.26. The Kier molecular flexibility index (Phi) is 4.88. The summed E-state index contributed by atoms with van der Waals surface area (Å²) in [5, 5.41) is 0. The van der Waals surface area contributed by atoms with Gasteiger partial charge in [-0.2, -0.15) is 0 Å². The van der Waals surface area contributed by atoms with Crippen LogP contribution < -0.4 is 5.73 Å². The van der Waals surface area contributed by atoms with E-state index >= 15 is 0 Å². The van der Waals surface area contributed by atoms with E-state index in [2.05, 4.69) is 71.4 Å². The van der Waals surface area contributed by atoms with E-state index in [0.717, 1.165) is 26.2 Å². The van der Waals surface area contributed by atoms with Gasteiger partial charge in [0.1, 0.15) is 0 Å². The normalized spacial score (nSPS) is 20.2. The summed E-state index contributed by atoms with van der Waals surface area (Å²) in [6, 6.07) is 19.8. The number of nitrogens with zero attached hydrogens (tertiary/aromatic N) is 2. The molecule has 1 aliphatic heterocycles. The summed E-state index contributed by atoms with van der Waals surface area (Å²) in [4.78, 5) is 5.01. The van der Waals surface area contributed by atoms with Crippen LogP contribution in [0.3, 0.4) is 0 Å². The molecule has 3 nitrogen and oxygen atoms in total. The van der Waals surface area contributed by atoms with Crippen LogP contribution in [0, 0.1) is 0 Å². The maximum atomic E-state index is 5.90. The minimum absolute atomic E-state index is 0.450. The lowest BCUT2D eigenvalue weighted by Crippen LogP contribution is -2.46. The maximum absolute atomic E-state index is 5.90. The van der Waals surface area contributed by atoms with Crippen LogP contribution in [-0.4, -0.2) is 36.5 Å². The second-order valence-electron chi connectivity index (χ2n) is 6.13. The van der Waals surface area contributed by atoms with Gasteiger partial charge < -0.3 is 10.6 Å². The summed E-state index contributed by atoms with van der Waals surface area (Å²) in [6.07, 6.45) is 0. The monoisotopic (exact) mass is 295 g/mol. The van der Waals surface area contributed by atoms with Gasteiger partial charge in [-0.15, -0.1) is 0 Å². The number of piperazine rings is 1. The van der Waals surface area contributed by atoms with Crippen LogP contribution in [0.15, 0.2) is 54.6 Å². The van der Waals surface area contributed by atoms with Gasteiger partial charge in [-0.25, -0.2) is 0 Å². The molecule has 2 N–H and O–H groups in total. The van der Waals surface area contributed by atoms with Gasteiger partial charge in [-0.3, -0.25) is 4.90 Å². The van der Waals surface area contributed by atoms with Gasteiger partial charge in [0, 0.05) is 38.8 Å². The van der Waals surface area contributed by atoms with Crippen molar-refractivity contribution in [3.63, 3.8) is 0 Å². The maximum Gasteiger partial charge on any atom is 0.0479 e. The van der Waals surface area contributed by atoms with Crippen LogP contribution >= 0.6 is 0 Å². The molecule has 0 saturated carbocycles. The summed E-state index contributed by atoms with van der Waals surface area (Å²) in [7, 11) is 2.21. The first kappa shape index (κ1) is 15.2. The van der Waals surface area contributed by atoms with E-state index in [1.807, 2.05) is 0 Å². The van der Waals surface area contributed by atoms with Crippen molar-refractivity contribution in [3.05, 3.63) is 71.3 Å². The van der Waals surface area contributed by atoms with Crippen LogP contribution in [0.2, 0.25) is 0 Å². The molecular weight excluding hydrogens is 270 g/mol. The molecule has 2 aromatic rings. The first-order valence-corrected chi connectivity index (χ1v) is 8.02. The molecule has 0 spiro atoms. The summed E-state index contributed by atoms with van der Waals surface area (Å²) in [6.45, 7) is 4.87. The molecule has 1 atom stereocenters. The molecule has 0 aliphatic carbocycles. The zero-order valence-corrected chi connectivity index (χ0v) is 13.3. The number of nitrogens with two attached hydrogens (primary N) is 1. The van der Waals surface area contributed by atoms with Gasteiger partial charge in [0.25, 0.3) is 0 Å². The molecule has 116 valence electrons. The summed E-state index contributed by atoms with van der Waals surface area (Å²) in [5.74, 6) is 0. The number of likely N-dealkylation sites (N-methyl/N-ethyl adjacent to an activating group) is 1. The van der Waals surface area contributed by atoms with Gasteiger partial charge in [0.15, 0.2) is 0 Å². The Hall–Kier alpha value is -1.68. The summed E-state index contributed by atoms with van der Waals surface area (Å²) >= 11 is 0. The van der Waals surface area contributed by atoms with E-state index in [0.29, 0.717) is 12.6 Å². The summed E-state index contributed by atoms with van der Waals surface area (Å²) in [5.41, 5.74) is 9.91. The van der Waals surface area contributed by atoms with Gasteiger partial charge in [-0.05, 0) is 23.7 Å². The van der Waals surface area contributed by atoms with E-state index in [1.54, 1.807) is 0 Å². The zero-order chi connectivity index (χ0) is 15.4. The minimum atomic E-state index is 0.450. The lowest BCUT2D eigenvalue weighted by Gasteiger charge is -2.40. The Morgan fingerprint density at radius 2 is 1.64 bits per heavy atom. The Balaban J connectivity index is 1.84. The van der Waals surface area contributed by atoms with Crippen molar-refractivity contribution in [3.8, 4) is 0 Å². The van der Waals surface area contributed by atoms with Crippen LogP contribution in [0.5, 0.6) is 0 Å². The molecule has 0 aromatic heterocycles. The van der Waals surface area contributed by atoms with E-state index in [1.165, 1.54) is 16.7 Å². The van der Waals surface area contributed by atoms with Crippen molar-refractivity contribution in [2.45, 2.75) is 19.1 Å². The highest BCUT2D eigenvalue weighted by atomic mass is 15.3. The van der Waals surface area contributed by atoms with Crippen molar-refractivity contribution in [1.29, 1.82) is 0 Å². The van der Waals surface area contributed by atoms with Crippen molar-refractivity contribution in [1.82, 2.24) is 9.80 Å². The van der Waals surface area contributed by atoms with Gasteiger partial charge >= 0.3 is 0 Å². The average molecular weight is 295 g/mol. The Morgan fingerprint density at radius 1 is 0.955 bits per heavy atom. The predicted octanol–water partition coefficient (Wildman–Crippen LogP) is 2.63. The zero-order valence-electron chi connectivity index (χ0n) is 13.3. The molecule has 2 aromatic carbocycles. The van der Waals surface area contributed by atoms with E-state index < -0.39 is 0 Å². The fourth-order valence-electron chi connectivity index (χ4n) is 3.27. The largest absolute Gasteiger partial charge is 0.326 e. The lowest BCUT2D eigenvalue weighted by molar-refractivity contribution is 0.0831. The molecule has 0 radical (unpaired) electrons. The number of benzene rings is 2. The molecule has 1 unspecified atom stereocenters. The Bertz CT molecular complexity index is 597. The topological polar surface area (TPSA) is 32.5 Å². The molecule has 0 amide bonds. The fourth-order valence-corrected chi connectivity index (χ4v) is 3.27. The molecular formula is C19H25N3. The Labute approximate surface area is 133 Å². The summed E-state index contributed by atoms with van der Waals surface area (Å²) < 4.78 is 0. The van der Waals surface area contributed by atoms with Crippen LogP contribution in [-0.2, 0) is 13.1 Å². The fraction of sp³-hybridized carbons (Fsp3) is 0.368. The van der Waals surface area contributed by atoms with E-state index in [-0.39, 0.29) is 0 Å². The molecule has 22 heavy (non-hydrogen) atoms. The molecule has 1 saturated heterocycles. The number of rotatable bonds is 4. The van der Waals surface area contributed by atoms with Gasteiger partial charge in [-0.1, -0.05) is 54.6 Å². The van der Waals surface area contributed by atoms with Gasteiger partial charge in [0.05, 0.1) is 0 Å². The first-order valence-electron chi connectivity index (χ1n) is 8.02. The molecule has 3 rings (SSSR count). The first-order chi connectivity index (χ1) is 10.8. The molecule has 1 fully saturated rings. The molecule has 1 heterocycles. The molecule has 0 bridgehead atoms. The third-order valence-corrected chi connectivity index (χ3v) is 4.59. The standard InChI is InChI=1S/C19H25N3/c1-21-11-12-22(14-18-10-6-5-9-17(18)13-20)19(15-21)16-7-3-2-4-8-16/h2-10,19H,11-15,20H2,1H3. The molecule has 3 heteroatoms. The van der Waals surface area contributed by atoms with Crippen molar-refractivity contribution < 1.29 is 0 Å². The van der Waals surface area contributed by atoms with Crippen molar-refractivity contribution >= 4 is 0 Å². The van der Waals surface area contributed by atoms with Crippen LogP contribution in [0.1, 0.15) is 22.7 Å². The van der Waals surface area contributed by atoms with Gasteiger partial charge in [0.2, 0.25) is 0 Å². The van der Waals surface area contributed by atoms with Crippen molar-refractivity contribution in [2.75, 3.05) is 26.7 Å². The smallest absolute Gasteiger partial charge is 0.0479 e. The quantitative estimate of drug-likeness (QED) is 0.941.